The zero-order valence-corrected chi connectivity index (χ0v) is 10.7. The second-order valence-electron chi connectivity index (χ2n) is 4.99. The fourth-order valence-corrected chi connectivity index (χ4v) is 2.82. The summed E-state index contributed by atoms with van der Waals surface area (Å²) < 4.78 is 32.9. The fraction of sp³-hybridized carbons (Fsp3) is 0.0769. The van der Waals surface area contributed by atoms with Crippen LogP contribution < -0.4 is 0 Å². The first-order valence-corrected chi connectivity index (χ1v) is 6.31. The highest BCUT2D eigenvalue weighted by atomic mass is 19.2. The van der Waals surface area contributed by atoms with Crippen molar-refractivity contribution in [3.63, 3.8) is 0 Å². The SMILES string of the molecule is Cn1cnc(C2=C3C=CC=[N+]3[B-](F)(F)n3cccc32)c1. The van der Waals surface area contributed by atoms with E-state index in [0.717, 1.165) is 14.5 Å². The molecule has 0 spiro atoms. The van der Waals surface area contributed by atoms with E-state index in [4.69, 9.17) is 0 Å². The number of rotatable bonds is 1. The van der Waals surface area contributed by atoms with E-state index in [0.29, 0.717) is 17.1 Å². The molecular formula is C13H11BF2N4. The molecule has 4 nitrogen and oxygen atoms in total. The van der Waals surface area contributed by atoms with Crippen LogP contribution in [0.4, 0.5) is 8.63 Å². The zero-order chi connectivity index (χ0) is 13.9. The van der Waals surface area contributed by atoms with Crippen molar-refractivity contribution in [3.05, 3.63) is 60.1 Å². The second kappa shape index (κ2) is 3.56. The summed E-state index contributed by atoms with van der Waals surface area (Å²) in [5, 5.41) is 0. The van der Waals surface area contributed by atoms with Gasteiger partial charge in [-0.1, -0.05) is 0 Å². The Morgan fingerprint density at radius 3 is 2.95 bits per heavy atom. The van der Waals surface area contributed by atoms with Gasteiger partial charge in [-0.15, -0.1) is 0 Å². The van der Waals surface area contributed by atoms with Crippen molar-refractivity contribution in [2.75, 3.05) is 0 Å². The van der Waals surface area contributed by atoms with E-state index in [9.17, 15) is 8.63 Å². The summed E-state index contributed by atoms with van der Waals surface area (Å²) in [6.45, 7) is -3.83. The van der Waals surface area contributed by atoms with Crippen LogP contribution in [0.25, 0.3) is 5.57 Å². The van der Waals surface area contributed by atoms with Gasteiger partial charge in [-0.3, -0.25) is 0 Å². The second-order valence-corrected chi connectivity index (χ2v) is 4.99. The summed E-state index contributed by atoms with van der Waals surface area (Å²) in [6, 6.07) is 3.34. The Kier molecular flexibility index (Phi) is 2.03. The third kappa shape index (κ3) is 1.29. The maximum absolute atomic E-state index is 14.5. The van der Waals surface area contributed by atoms with Crippen LogP contribution in [0.5, 0.6) is 0 Å². The van der Waals surface area contributed by atoms with Crippen LogP contribution in [0.2, 0.25) is 0 Å². The molecular weight excluding hydrogens is 261 g/mol. The number of hydrogen-bond acceptors (Lipinski definition) is 1. The minimum atomic E-state index is -3.83. The van der Waals surface area contributed by atoms with Gasteiger partial charge in [0.05, 0.1) is 17.6 Å². The lowest BCUT2D eigenvalue weighted by Crippen LogP contribution is -2.49. The van der Waals surface area contributed by atoms with Gasteiger partial charge in [0, 0.05) is 31.1 Å². The standard InChI is InChI=1S/C13H11BF2N4/c1-18-8-10(17-9-18)13-11-4-2-6-19(11)14(15,16)20-7-3-5-12(13)20/h2-9H,1H3. The highest BCUT2D eigenvalue weighted by Gasteiger charge is 2.51. The predicted octanol–water partition coefficient (Wildman–Crippen LogP) is 1.87. The molecule has 0 aliphatic carbocycles. The van der Waals surface area contributed by atoms with Gasteiger partial charge in [0.15, 0.2) is 5.70 Å². The Labute approximate surface area is 114 Å². The Hall–Kier alpha value is -2.44. The van der Waals surface area contributed by atoms with Gasteiger partial charge in [0.25, 0.3) is 0 Å². The third-order valence-electron chi connectivity index (χ3n) is 3.70. The van der Waals surface area contributed by atoms with Gasteiger partial charge < -0.3 is 22.2 Å². The smallest absolute Gasteiger partial charge is 0.396 e. The molecule has 0 saturated heterocycles. The Morgan fingerprint density at radius 1 is 1.35 bits per heavy atom. The molecule has 7 heteroatoms. The topological polar surface area (TPSA) is 25.8 Å². The van der Waals surface area contributed by atoms with Crippen molar-refractivity contribution in [2.45, 2.75) is 0 Å². The number of aryl methyl sites for hydroxylation is 1. The molecule has 0 N–H and O–H groups in total. The molecule has 100 valence electrons. The average molecular weight is 272 g/mol. The molecule has 2 aromatic heterocycles. The lowest BCUT2D eigenvalue weighted by molar-refractivity contribution is -0.356. The maximum Gasteiger partial charge on any atom is 0.737 e. The van der Waals surface area contributed by atoms with E-state index < -0.39 is 6.97 Å². The van der Waals surface area contributed by atoms with Crippen molar-refractivity contribution < 1.29 is 13.1 Å². The van der Waals surface area contributed by atoms with E-state index >= 15 is 0 Å². The van der Waals surface area contributed by atoms with Gasteiger partial charge >= 0.3 is 6.97 Å². The van der Waals surface area contributed by atoms with Crippen molar-refractivity contribution >= 4 is 18.8 Å². The number of hydrogen-bond donors (Lipinski definition) is 0. The first-order chi connectivity index (χ1) is 9.59. The van der Waals surface area contributed by atoms with Crippen LogP contribution in [0.3, 0.4) is 0 Å². The largest absolute Gasteiger partial charge is 0.737 e. The first-order valence-electron chi connectivity index (χ1n) is 6.31. The van der Waals surface area contributed by atoms with Crippen molar-refractivity contribution in [3.8, 4) is 0 Å². The van der Waals surface area contributed by atoms with Crippen molar-refractivity contribution in [1.29, 1.82) is 0 Å². The molecule has 0 atom stereocenters. The van der Waals surface area contributed by atoms with E-state index in [2.05, 4.69) is 4.98 Å². The van der Waals surface area contributed by atoms with Gasteiger partial charge in [-0.05, 0) is 18.3 Å². The van der Waals surface area contributed by atoms with E-state index in [-0.39, 0.29) is 0 Å². The summed E-state index contributed by atoms with van der Waals surface area (Å²) in [7, 11) is 1.86. The highest BCUT2D eigenvalue weighted by molar-refractivity contribution is 6.57. The van der Waals surface area contributed by atoms with Crippen LogP contribution in [0.1, 0.15) is 11.4 Å². The van der Waals surface area contributed by atoms with Crippen LogP contribution in [-0.2, 0) is 7.05 Å². The Bertz CT molecular complexity index is 810. The molecule has 0 amide bonds. The summed E-state index contributed by atoms with van der Waals surface area (Å²) in [5.41, 5.74) is 2.42. The monoisotopic (exact) mass is 272 g/mol. The summed E-state index contributed by atoms with van der Waals surface area (Å²) in [5.74, 6) is 0. The number of aromatic nitrogens is 3. The van der Waals surface area contributed by atoms with Gasteiger partial charge in [-0.2, -0.15) is 0 Å². The molecule has 4 rings (SSSR count). The van der Waals surface area contributed by atoms with Gasteiger partial charge in [0.2, 0.25) is 0 Å². The molecule has 0 aromatic carbocycles. The molecule has 2 aromatic rings. The molecule has 20 heavy (non-hydrogen) atoms. The Morgan fingerprint density at radius 2 is 2.20 bits per heavy atom. The number of nitrogens with zero attached hydrogens (tertiary/aromatic N) is 4. The minimum absolute atomic E-state index is 0.500. The predicted molar refractivity (Wildman–Crippen MR) is 72.5 cm³/mol. The molecule has 2 aliphatic rings. The van der Waals surface area contributed by atoms with Crippen LogP contribution >= 0.6 is 0 Å². The third-order valence-corrected chi connectivity index (χ3v) is 3.70. The van der Waals surface area contributed by atoms with E-state index in [1.807, 2.05) is 13.2 Å². The van der Waals surface area contributed by atoms with E-state index in [1.54, 1.807) is 35.2 Å². The minimum Gasteiger partial charge on any atom is -0.396 e. The average Bonchev–Trinajstić information content (AvgIpc) is 3.09. The van der Waals surface area contributed by atoms with Crippen molar-refractivity contribution in [1.82, 2.24) is 14.0 Å². The van der Waals surface area contributed by atoms with Gasteiger partial charge in [0.1, 0.15) is 6.21 Å². The lowest BCUT2D eigenvalue weighted by atomic mass is 9.88. The fourth-order valence-electron chi connectivity index (χ4n) is 2.82. The Balaban J connectivity index is 2.07. The molecule has 0 saturated carbocycles. The molecule has 2 aliphatic heterocycles. The first kappa shape index (κ1) is 11.4. The van der Waals surface area contributed by atoms with Gasteiger partial charge in [-0.25, -0.2) is 4.98 Å². The number of imidazole rings is 1. The van der Waals surface area contributed by atoms with Crippen LogP contribution in [0.15, 0.2) is 48.7 Å². The lowest BCUT2D eigenvalue weighted by Gasteiger charge is -2.30. The number of allylic oxidation sites excluding steroid dienone is 2. The number of halogens is 2. The molecule has 0 radical (unpaired) electrons. The van der Waals surface area contributed by atoms with E-state index in [1.165, 1.54) is 12.4 Å². The molecule has 0 fully saturated rings. The summed E-state index contributed by atoms with van der Waals surface area (Å²) >= 11 is 0. The zero-order valence-electron chi connectivity index (χ0n) is 10.7. The quantitative estimate of drug-likeness (QED) is 0.728. The summed E-state index contributed by atoms with van der Waals surface area (Å²) in [4.78, 5) is 4.31. The van der Waals surface area contributed by atoms with Crippen LogP contribution in [0, 0.1) is 0 Å². The molecule has 0 unspecified atom stereocenters. The normalized spacial score (nSPS) is 19.1. The maximum atomic E-state index is 14.5. The molecule has 4 heterocycles. The van der Waals surface area contributed by atoms with Crippen molar-refractivity contribution in [2.24, 2.45) is 7.05 Å². The molecule has 0 bridgehead atoms. The van der Waals surface area contributed by atoms with Crippen LogP contribution in [-0.4, -0.2) is 31.7 Å². The number of fused-ring (bicyclic) bond motifs is 2. The highest BCUT2D eigenvalue weighted by Crippen LogP contribution is 2.37. The summed E-state index contributed by atoms with van der Waals surface area (Å²) in [6.07, 6.45) is 9.68.